The molecule has 0 unspecified atom stereocenters. The smallest absolute Gasteiger partial charge is 0.256 e. The Labute approximate surface area is 142 Å². The van der Waals surface area contributed by atoms with Gasteiger partial charge < -0.3 is 10.6 Å². The Morgan fingerprint density at radius 2 is 2.05 bits per heavy atom. The fourth-order valence-electron chi connectivity index (χ4n) is 2.53. The molecule has 2 heterocycles. The lowest BCUT2D eigenvalue weighted by Crippen LogP contribution is -2.19. The van der Waals surface area contributed by atoms with Gasteiger partial charge in [0.05, 0.1) is 11.4 Å². The quantitative estimate of drug-likeness (QED) is 0.873. The molecule has 1 aliphatic heterocycles. The molecular formula is C16H19Cl2N3O. The topological polar surface area (TPSA) is 54.0 Å². The summed E-state index contributed by atoms with van der Waals surface area (Å²) < 4.78 is 0. The minimum atomic E-state index is -0.0679. The number of aryl methyl sites for hydroxylation is 1. The van der Waals surface area contributed by atoms with Gasteiger partial charge in [0, 0.05) is 24.0 Å². The van der Waals surface area contributed by atoms with Crippen LogP contribution < -0.4 is 10.6 Å². The fraction of sp³-hybridized carbons (Fsp3) is 0.250. The number of nitrogens with zero attached hydrogens (tertiary/aromatic N) is 1. The summed E-state index contributed by atoms with van der Waals surface area (Å²) in [6, 6.07) is 9.52. The van der Waals surface area contributed by atoms with Gasteiger partial charge in [0.15, 0.2) is 0 Å². The molecule has 1 aromatic heterocycles. The van der Waals surface area contributed by atoms with E-state index in [0.29, 0.717) is 0 Å². The summed E-state index contributed by atoms with van der Waals surface area (Å²) in [6.45, 7) is 2.86. The summed E-state index contributed by atoms with van der Waals surface area (Å²) in [7, 11) is 0. The summed E-state index contributed by atoms with van der Waals surface area (Å²) in [5, 5.41) is 6.29. The highest BCUT2D eigenvalue weighted by molar-refractivity contribution is 6.06. The van der Waals surface area contributed by atoms with Crippen LogP contribution >= 0.6 is 24.8 Å². The van der Waals surface area contributed by atoms with E-state index in [9.17, 15) is 4.79 Å². The number of hydrogen-bond acceptors (Lipinski definition) is 3. The Kier molecular flexibility index (Phi) is 6.65. The van der Waals surface area contributed by atoms with Crippen molar-refractivity contribution < 1.29 is 4.79 Å². The van der Waals surface area contributed by atoms with E-state index in [4.69, 9.17) is 0 Å². The lowest BCUT2D eigenvalue weighted by molar-refractivity contribution is 0.102. The minimum absolute atomic E-state index is 0. The van der Waals surface area contributed by atoms with Crippen LogP contribution in [-0.2, 0) is 6.42 Å². The van der Waals surface area contributed by atoms with E-state index in [-0.39, 0.29) is 30.7 Å². The van der Waals surface area contributed by atoms with Crippen LogP contribution in [-0.4, -0.2) is 17.4 Å². The Bertz CT molecular complexity index is 662. The first-order valence-electron chi connectivity index (χ1n) is 6.84. The molecule has 1 aromatic carbocycles. The highest BCUT2D eigenvalue weighted by atomic mass is 35.5. The molecule has 1 amide bonds. The van der Waals surface area contributed by atoms with Crippen molar-refractivity contribution in [3.05, 3.63) is 53.3 Å². The number of amides is 1. The molecule has 0 radical (unpaired) electrons. The van der Waals surface area contributed by atoms with Crippen molar-refractivity contribution in [1.82, 2.24) is 4.98 Å². The molecule has 118 valence electrons. The molecular weight excluding hydrogens is 321 g/mol. The molecule has 1 aliphatic rings. The monoisotopic (exact) mass is 339 g/mol. The van der Waals surface area contributed by atoms with Gasteiger partial charge in [-0.1, -0.05) is 6.07 Å². The molecule has 0 saturated carbocycles. The van der Waals surface area contributed by atoms with E-state index in [1.807, 2.05) is 37.3 Å². The number of rotatable bonds is 2. The van der Waals surface area contributed by atoms with E-state index < -0.39 is 0 Å². The molecule has 0 spiro atoms. The summed E-state index contributed by atoms with van der Waals surface area (Å²) in [6.07, 6.45) is 3.72. The standard InChI is InChI=1S/C16H17N3O.2ClH/c1-11-14(8-4-9-17-11)19-16(20)13-5-2-7-15-12(13)6-3-10-18-15;;/h2,4-5,7-9,18H,3,6,10H2,1H3,(H,19,20);2*1H. The zero-order chi connectivity index (χ0) is 13.9. The number of fused-ring (bicyclic) bond motifs is 1. The molecule has 0 saturated heterocycles. The second-order valence-electron chi connectivity index (χ2n) is 4.95. The number of carbonyl (C=O) groups excluding carboxylic acids is 1. The van der Waals surface area contributed by atoms with Gasteiger partial charge in [-0.3, -0.25) is 9.78 Å². The predicted octanol–water partition coefficient (Wildman–Crippen LogP) is 3.84. The Morgan fingerprint density at radius 3 is 2.82 bits per heavy atom. The maximum absolute atomic E-state index is 12.5. The third kappa shape index (κ3) is 3.70. The first-order valence-corrected chi connectivity index (χ1v) is 6.84. The zero-order valence-corrected chi connectivity index (χ0v) is 13.9. The Hall–Kier alpha value is -1.78. The third-order valence-electron chi connectivity index (χ3n) is 3.59. The molecule has 0 aliphatic carbocycles. The number of carbonyl (C=O) groups is 1. The van der Waals surface area contributed by atoms with Crippen molar-refractivity contribution in [2.75, 3.05) is 17.2 Å². The van der Waals surface area contributed by atoms with Crippen LogP contribution in [0.3, 0.4) is 0 Å². The zero-order valence-electron chi connectivity index (χ0n) is 12.3. The largest absolute Gasteiger partial charge is 0.385 e. The van der Waals surface area contributed by atoms with Gasteiger partial charge in [-0.15, -0.1) is 24.8 Å². The van der Waals surface area contributed by atoms with Gasteiger partial charge in [0.25, 0.3) is 5.91 Å². The Balaban J connectivity index is 0.00000121. The normalized spacial score (nSPS) is 12.0. The SMILES string of the molecule is Cc1ncccc1NC(=O)c1cccc2c1CCCN2.Cl.Cl. The van der Waals surface area contributed by atoms with E-state index in [1.165, 1.54) is 0 Å². The summed E-state index contributed by atoms with van der Waals surface area (Å²) in [5.74, 6) is -0.0679. The minimum Gasteiger partial charge on any atom is -0.385 e. The molecule has 4 nitrogen and oxygen atoms in total. The van der Waals surface area contributed by atoms with Gasteiger partial charge >= 0.3 is 0 Å². The molecule has 22 heavy (non-hydrogen) atoms. The molecule has 6 heteroatoms. The number of halogens is 2. The van der Waals surface area contributed by atoms with E-state index >= 15 is 0 Å². The van der Waals surface area contributed by atoms with E-state index in [2.05, 4.69) is 15.6 Å². The van der Waals surface area contributed by atoms with E-state index in [1.54, 1.807) is 6.20 Å². The third-order valence-corrected chi connectivity index (χ3v) is 3.59. The summed E-state index contributed by atoms with van der Waals surface area (Å²) >= 11 is 0. The average Bonchev–Trinajstić information content (AvgIpc) is 2.49. The average molecular weight is 340 g/mol. The van der Waals surface area contributed by atoms with Crippen molar-refractivity contribution in [3.63, 3.8) is 0 Å². The van der Waals surface area contributed by atoms with Crippen LogP contribution in [0.1, 0.15) is 28.0 Å². The highest BCUT2D eigenvalue weighted by Crippen LogP contribution is 2.26. The molecule has 0 atom stereocenters. The van der Waals surface area contributed by atoms with Crippen LogP contribution in [0.2, 0.25) is 0 Å². The molecule has 2 N–H and O–H groups in total. The number of hydrogen-bond donors (Lipinski definition) is 2. The van der Waals surface area contributed by atoms with Crippen LogP contribution in [0.15, 0.2) is 36.5 Å². The first-order chi connectivity index (χ1) is 9.75. The molecule has 2 aromatic rings. The maximum atomic E-state index is 12.5. The number of nitrogens with one attached hydrogen (secondary N) is 2. The highest BCUT2D eigenvalue weighted by Gasteiger charge is 2.17. The molecule has 0 fully saturated rings. The lowest BCUT2D eigenvalue weighted by atomic mass is 9.97. The van der Waals surface area contributed by atoms with Crippen molar-refractivity contribution >= 4 is 42.1 Å². The molecule has 3 rings (SSSR count). The van der Waals surface area contributed by atoms with E-state index in [0.717, 1.165) is 47.6 Å². The van der Waals surface area contributed by atoms with Crippen LogP contribution in [0.4, 0.5) is 11.4 Å². The maximum Gasteiger partial charge on any atom is 0.256 e. The second-order valence-corrected chi connectivity index (χ2v) is 4.95. The predicted molar refractivity (Wildman–Crippen MR) is 94.7 cm³/mol. The van der Waals surface area contributed by atoms with Crippen molar-refractivity contribution in [2.45, 2.75) is 19.8 Å². The van der Waals surface area contributed by atoms with Gasteiger partial charge in [0.1, 0.15) is 0 Å². The van der Waals surface area contributed by atoms with Crippen molar-refractivity contribution in [1.29, 1.82) is 0 Å². The second kappa shape index (κ2) is 8.01. The lowest BCUT2D eigenvalue weighted by Gasteiger charge is -2.20. The van der Waals surface area contributed by atoms with Crippen LogP contribution in [0, 0.1) is 6.92 Å². The van der Waals surface area contributed by atoms with Gasteiger partial charge in [-0.05, 0) is 49.6 Å². The number of aromatic nitrogens is 1. The van der Waals surface area contributed by atoms with Crippen LogP contribution in [0.5, 0.6) is 0 Å². The van der Waals surface area contributed by atoms with Gasteiger partial charge in [0.2, 0.25) is 0 Å². The first kappa shape index (κ1) is 18.3. The number of benzene rings is 1. The van der Waals surface area contributed by atoms with Gasteiger partial charge in [-0.25, -0.2) is 0 Å². The summed E-state index contributed by atoms with van der Waals surface area (Å²) in [5.41, 5.74) is 4.52. The molecule has 0 bridgehead atoms. The fourth-order valence-corrected chi connectivity index (χ4v) is 2.53. The number of anilines is 2. The summed E-state index contributed by atoms with van der Waals surface area (Å²) in [4.78, 5) is 16.7. The van der Waals surface area contributed by atoms with Crippen molar-refractivity contribution in [2.24, 2.45) is 0 Å². The van der Waals surface area contributed by atoms with Gasteiger partial charge in [-0.2, -0.15) is 0 Å². The van der Waals surface area contributed by atoms with Crippen LogP contribution in [0.25, 0.3) is 0 Å². The number of pyridine rings is 1. The Morgan fingerprint density at radius 1 is 1.23 bits per heavy atom. The van der Waals surface area contributed by atoms with Crippen molar-refractivity contribution in [3.8, 4) is 0 Å².